The second-order valence-corrected chi connectivity index (χ2v) is 7.68. The summed E-state index contributed by atoms with van der Waals surface area (Å²) in [7, 11) is 0. The first-order valence-electron chi connectivity index (χ1n) is 7.75. The summed E-state index contributed by atoms with van der Waals surface area (Å²) in [5, 5.41) is 4.65. The Balaban J connectivity index is 2.01. The molecule has 1 saturated heterocycles. The van der Waals surface area contributed by atoms with Gasteiger partial charge < -0.3 is 10.6 Å². The standard InChI is InChI=1S/C16H17ClF3N3O2S/c1-8(2)7-21-15-23-14(25)12(26-15)6-13(24)22-11-5-9(16(18,19)20)3-4-10(11)17/h3-5,8,12H,6-7H2,1-2H3,(H,22,24)(H,21,23,25)/t12-/m1/s1. The Kier molecular flexibility index (Phi) is 6.57. The van der Waals surface area contributed by atoms with Gasteiger partial charge in [-0.15, -0.1) is 0 Å². The van der Waals surface area contributed by atoms with Crippen LogP contribution in [-0.4, -0.2) is 28.8 Å². The minimum atomic E-state index is -4.55. The topological polar surface area (TPSA) is 70.6 Å². The Morgan fingerprint density at radius 2 is 2.12 bits per heavy atom. The van der Waals surface area contributed by atoms with Crippen LogP contribution in [0.5, 0.6) is 0 Å². The molecule has 0 spiro atoms. The third-order valence-corrected chi connectivity index (χ3v) is 4.76. The normalized spacial score (nSPS) is 19.1. The Morgan fingerprint density at radius 1 is 1.42 bits per heavy atom. The number of aliphatic imine (C=N–C) groups is 1. The third-order valence-electron chi connectivity index (χ3n) is 3.32. The van der Waals surface area contributed by atoms with Gasteiger partial charge in [-0.3, -0.25) is 14.6 Å². The molecule has 142 valence electrons. The minimum absolute atomic E-state index is 0.0194. The molecule has 2 amide bonds. The Morgan fingerprint density at radius 3 is 2.73 bits per heavy atom. The number of hydrogen-bond donors (Lipinski definition) is 2. The predicted molar refractivity (Wildman–Crippen MR) is 96.4 cm³/mol. The fourth-order valence-corrected chi connectivity index (χ4v) is 3.19. The van der Waals surface area contributed by atoms with E-state index in [4.69, 9.17) is 11.6 Å². The number of nitrogens with one attached hydrogen (secondary N) is 2. The van der Waals surface area contributed by atoms with E-state index in [1.54, 1.807) is 0 Å². The van der Waals surface area contributed by atoms with Gasteiger partial charge in [0.2, 0.25) is 11.8 Å². The number of alkyl halides is 3. The van der Waals surface area contributed by atoms with E-state index in [-0.39, 0.29) is 23.0 Å². The van der Waals surface area contributed by atoms with Crippen molar-refractivity contribution in [2.75, 3.05) is 11.9 Å². The lowest BCUT2D eigenvalue weighted by molar-refractivity contribution is -0.137. The molecule has 26 heavy (non-hydrogen) atoms. The number of carbonyl (C=O) groups excluding carboxylic acids is 2. The van der Waals surface area contributed by atoms with Crippen molar-refractivity contribution in [1.29, 1.82) is 0 Å². The van der Waals surface area contributed by atoms with E-state index in [1.165, 1.54) is 0 Å². The van der Waals surface area contributed by atoms with Gasteiger partial charge in [0.05, 0.1) is 16.3 Å². The monoisotopic (exact) mass is 407 g/mol. The number of anilines is 1. The van der Waals surface area contributed by atoms with E-state index in [0.29, 0.717) is 17.6 Å². The van der Waals surface area contributed by atoms with Gasteiger partial charge in [-0.1, -0.05) is 37.2 Å². The number of halogens is 4. The fourth-order valence-electron chi connectivity index (χ4n) is 2.05. The van der Waals surface area contributed by atoms with Crippen LogP contribution in [0.15, 0.2) is 23.2 Å². The zero-order chi connectivity index (χ0) is 19.5. The molecule has 1 aromatic carbocycles. The molecule has 10 heteroatoms. The smallest absolute Gasteiger partial charge is 0.325 e. The molecule has 1 aliphatic rings. The zero-order valence-electron chi connectivity index (χ0n) is 14.0. The number of hydrogen-bond acceptors (Lipinski definition) is 4. The van der Waals surface area contributed by atoms with Crippen LogP contribution in [0.4, 0.5) is 18.9 Å². The molecule has 0 aliphatic carbocycles. The predicted octanol–water partition coefficient (Wildman–Crippen LogP) is 3.93. The molecule has 1 fully saturated rings. The minimum Gasteiger partial charge on any atom is -0.325 e. The van der Waals surface area contributed by atoms with Crippen molar-refractivity contribution in [2.45, 2.75) is 31.7 Å². The van der Waals surface area contributed by atoms with Crippen LogP contribution >= 0.6 is 23.4 Å². The molecule has 0 radical (unpaired) electrons. The van der Waals surface area contributed by atoms with Crippen molar-refractivity contribution in [3.05, 3.63) is 28.8 Å². The van der Waals surface area contributed by atoms with Crippen molar-refractivity contribution in [1.82, 2.24) is 5.32 Å². The summed E-state index contributed by atoms with van der Waals surface area (Å²) in [6.45, 7) is 4.51. The van der Waals surface area contributed by atoms with E-state index in [2.05, 4.69) is 15.6 Å². The van der Waals surface area contributed by atoms with Crippen molar-refractivity contribution in [3.8, 4) is 0 Å². The van der Waals surface area contributed by atoms with Crippen LogP contribution < -0.4 is 10.6 Å². The molecular formula is C16H17ClF3N3O2S. The average Bonchev–Trinajstić information content (AvgIpc) is 2.86. The highest BCUT2D eigenvalue weighted by Gasteiger charge is 2.33. The summed E-state index contributed by atoms with van der Waals surface area (Å²) in [6, 6.07) is 2.65. The molecule has 1 heterocycles. The summed E-state index contributed by atoms with van der Waals surface area (Å²) < 4.78 is 38.3. The first kappa shape index (κ1) is 20.6. The second kappa shape index (κ2) is 8.30. The van der Waals surface area contributed by atoms with Crippen molar-refractivity contribution < 1.29 is 22.8 Å². The van der Waals surface area contributed by atoms with Gasteiger partial charge in [-0.05, 0) is 24.1 Å². The largest absolute Gasteiger partial charge is 0.416 e. The first-order valence-corrected chi connectivity index (χ1v) is 9.00. The number of thioether (sulfide) groups is 1. The Bertz CT molecular complexity index is 738. The average molecular weight is 408 g/mol. The summed E-state index contributed by atoms with van der Waals surface area (Å²) in [6.07, 6.45) is -4.75. The maximum Gasteiger partial charge on any atom is 0.416 e. The van der Waals surface area contributed by atoms with Crippen molar-refractivity contribution in [3.63, 3.8) is 0 Å². The highest BCUT2D eigenvalue weighted by molar-refractivity contribution is 8.15. The molecule has 5 nitrogen and oxygen atoms in total. The van der Waals surface area contributed by atoms with Gasteiger partial charge in [0.25, 0.3) is 0 Å². The third kappa shape index (κ3) is 5.63. The second-order valence-electron chi connectivity index (χ2n) is 6.08. The molecule has 1 aliphatic heterocycles. The van der Waals surface area contributed by atoms with Crippen LogP contribution in [0.1, 0.15) is 25.8 Å². The summed E-state index contributed by atoms with van der Waals surface area (Å²) in [4.78, 5) is 28.3. The summed E-state index contributed by atoms with van der Waals surface area (Å²) >= 11 is 6.97. The number of amides is 2. The Hall–Kier alpha value is -1.74. The van der Waals surface area contributed by atoms with Crippen LogP contribution in [0.3, 0.4) is 0 Å². The van der Waals surface area contributed by atoms with Crippen LogP contribution in [0, 0.1) is 5.92 Å². The molecule has 0 bridgehead atoms. The molecule has 0 unspecified atom stereocenters. The number of benzene rings is 1. The maximum atomic E-state index is 12.8. The molecule has 1 aromatic rings. The lowest BCUT2D eigenvalue weighted by atomic mass is 10.2. The number of carbonyl (C=O) groups is 2. The van der Waals surface area contributed by atoms with Gasteiger partial charge in [-0.25, -0.2) is 0 Å². The molecule has 0 saturated carbocycles. The molecule has 2 rings (SSSR count). The van der Waals surface area contributed by atoms with E-state index >= 15 is 0 Å². The van der Waals surface area contributed by atoms with E-state index < -0.39 is 22.9 Å². The van der Waals surface area contributed by atoms with E-state index in [9.17, 15) is 22.8 Å². The lowest BCUT2D eigenvalue weighted by Gasteiger charge is -2.12. The fraction of sp³-hybridized carbons (Fsp3) is 0.438. The van der Waals surface area contributed by atoms with Gasteiger partial charge in [0.15, 0.2) is 5.17 Å². The summed E-state index contributed by atoms with van der Waals surface area (Å²) in [5.41, 5.74) is -1.07. The highest BCUT2D eigenvalue weighted by Crippen LogP contribution is 2.34. The van der Waals surface area contributed by atoms with Gasteiger partial charge in [-0.2, -0.15) is 13.2 Å². The first-order chi connectivity index (χ1) is 12.1. The number of rotatable bonds is 5. The van der Waals surface area contributed by atoms with Gasteiger partial charge >= 0.3 is 6.18 Å². The molecular weight excluding hydrogens is 391 g/mol. The van der Waals surface area contributed by atoms with Crippen molar-refractivity contribution in [2.24, 2.45) is 10.9 Å². The Labute approximate surface area is 157 Å². The molecule has 1 atom stereocenters. The van der Waals surface area contributed by atoms with Crippen LogP contribution in [-0.2, 0) is 15.8 Å². The van der Waals surface area contributed by atoms with Gasteiger partial charge in [0.1, 0.15) is 5.25 Å². The number of nitrogens with zero attached hydrogens (tertiary/aromatic N) is 1. The van der Waals surface area contributed by atoms with E-state index in [1.807, 2.05) is 13.8 Å². The highest BCUT2D eigenvalue weighted by atomic mass is 35.5. The van der Waals surface area contributed by atoms with Gasteiger partial charge in [0, 0.05) is 13.0 Å². The molecule has 0 aromatic heterocycles. The summed E-state index contributed by atoms with van der Waals surface area (Å²) in [5.74, 6) is -0.641. The van der Waals surface area contributed by atoms with E-state index in [0.717, 1.165) is 30.0 Å². The number of amidine groups is 1. The maximum absolute atomic E-state index is 12.8. The van der Waals surface area contributed by atoms with Crippen LogP contribution in [0.25, 0.3) is 0 Å². The van der Waals surface area contributed by atoms with Crippen LogP contribution in [0.2, 0.25) is 5.02 Å². The SMILES string of the molecule is CC(C)CN=C1NC(=O)[C@@H](CC(=O)Nc2cc(C(F)(F)F)ccc2Cl)S1. The van der Waals surface area contributed by atoms with Crippen molar-refractivity contribution >= 4 is 46.0 Å². The molecule has 2 N–H and O–H groups in total. The quantitative estimate of drug-likeness (QED) is 0.776. The zero-order valence-corrected chi connectivity index (χ0v) is 15.6. The lowest BCUT2D eigenvalue weighted by Crippen LogP contribution is -2.28.